The van der Waals surface area contributed by atoms with Gasteiger partial charge in [-0.15, -0.1) is 5.16 Å². The van der Waals surface area contributed by atoms with Crippen molar-refractivity contribution in [2.75, 3.05) is 146 Å². The largest absolute Gasteiger partial charge is 0.480 e. The summed E-state index contributed by atoms with van der Waals surface area (Å²) < 4.78 is 59.7. The summed E-state index contributed by atoms with van der Waals surface area (Å²) >= 11 is 0. The summed E-state index contributed by atoms with van der Waals surface area (Å²) in [5.41, 5.74) is 0.363. The number of aliphatic hydroxyl groups excluding tert-OH is 1. The second-order valence-corrected chi connectivity index (χ2v) is 37.1. The lowest BCUT2D eigenvalue weighted by molar-refractivity contribution is -0.170. The summed E-state index contributed by atoms with van der Waals surface area (Å²) in [7, 11) is 0. The van der Waals surface area contributed by atoms with E-state index >= 15 is 0 Å². The third-order valence-corrected chi connectivity index (χ3v) is 26.2. The highest BCUT2D eigenvalue weighted by atomic mass is 16.7. The average Bonchev–Trinajstić information content (AvgIpc) is 1.69. The number of anilines is 4. The van der Waals surface area contributed by atoms with E-state index in [9.17, 15) is 38.7 Å². The quantitative estimate of drug-likeness (QED) is 0.0129. The van der Waals surface area contributed by atoms with E-state index in [4.69, 9.17) is 66.7 Å². The number of hydrogen-bond donors (Lipinski definition) is 9. The van der Waals surface area contributed by atoms with Crippen molar-refractivity contribution in [2.24, 2.45) is 5.16 Å². The molecule has 4 aromatic heterocycles. The molecule has 0 radical (unpaired) electrons. The molecule has 16 heterocycles. The van der Waals surface area contributed by atoms with Crippen LogP contribution in [0.3, 0.4) is 0 Å². The molecule has 698 valence electrons. The minimum Gasteiger partial charge on any atom is -0.480 e. The minimum atomic E-state index is -0.728. The summed E-state index contributed by atoms with van der Waals surface area (Å²) in [6.45, 7) is 29.7. The number of rotatable bonds is 25. The highest BCUT2D eigenvalue weighted by molar-refractivity contribution is 5.96. The van der Waals surface area contributed by atoms with E-state index in [0.717, 1.165) is 284 Å². The second-order valence-electron chi connectivity index (χ2n) is 37.1. The van der Waals surface area contributed by atoms with Gasteiger partial charge in [0.25, 0.3) is 0 Å². The fourth-order valence-corrected chi connectivity index (χ4v) is 18.5. The van der Waals surface area contributed by atoms with Crippen LogP contribution in [0.2, 0.25) is 0 Å². The number of aliphatic carboxylic acids is 2. The number of carboxylic acid groups (broad SMARTS) is 2. The van der Waals surface area contributed by atoms with Crippen LogP contribution in [0.5, 0.6) is 0 Å². The number of carboxylic acids is 2. The number of oxime groups is 1. The van der Waals surface area contributed by atoms with Crippen LogP contribution in [0.4, 0.5) is 23.5 Å². The van der Waals surface area contributed by atoms with Crippen molar-refractivity contribution < 1.29 is 105 Å². The summed E-state index contributed by atoms with van der Waals surface area (Å²) in [4.78, 5) is 94.6. The predicted octanol–water partition coefficient (Wildman–Crippen LogP) is 8.87. The number of carbonyl (C=O) groups excluding carboxylic acids is 5. The first-order chi connectivity index (χ1) is 60.1. The number of aromatic nitrogens is 4. The van der Waals surface area contributed by atoms with Gasteiger partial charge in [0.05, 0.1) is 71.8 Å². The van der Waals surface area contributed by atoms with Crippen molar-refractivity contribution in [1.82, 2.24) is 50.4 Å². The van der Waals surface area contributed by atoms with Gasteiger partial charge in [-0.1, -0.05) is 48.3 Å². The fourth-order valence-electron chi connectivity index (χ4n) is 18.5. The Labute approximate surface area is 733 Å². The van der Waals surface area contributed by atoms with Gasteiger partial charge in [-0.2, -0.15) is 0 Å². The average molecular weight is 1760 g/mol. The van der Waals surface area contributed by atoms with Crippen LogP contribution in [0.1, 0.15) is 239 Å². The smallest absolute Gasteiger partial charge is 0.320 e. The van der Waals surface area contributed by atoms with Crippen molar-refractivity contribution in [2.45, 2.75) is 310 Å². The van der Waals surface area contributed by atoms with Gasteiger partial charge < -0.3 is 81.9 Å². The maximum Gasteiger partial charge on any atom is 0.320 e. The first-order valence-electron chi connectivity index (χ1n) is 45.6. The standard InChI is InChI=1S/C22H35N3O5.C17H26N4O4.C17H27N3O4.C17H25N3O4.C10H17NO3.C5H9NO2/c1-22(2,15-29-20-7-3-4-11-28-20)18-14-19(30-24-18)23-21(26)17-6-5-10-25(17)16-8-12-27-13-9-16;1-17(2,11-18-23)14-10-15(25-20-14)19-16(22)13-4-3-7-21(13)12-5-8-24-9-6-12;2*1-17(2,11-21)14-10-15(24-19-14)18-16(22)13-4-3-7-20(13)12-5-8-23-9-6-12;12-10(13)9-2-1-5-11(9)8-3-6-14-7-4-8;7-5(8)4-2-1-3-6-4/h14,16-17,20H,3-13,15H2,1-2H3,(H,23,26);10-13,23H,3-9H2,1-2H3,(H,19,22);10,12-13,21H,3-9,11H2,1-2H3,(H,18,22);10-13H,3-9H2,1-2H3,(H,18,22);8-9H,1-7H2,(H,12,13);4,6H,1-3H2,(H,7,8)/b;18-11+;;;;/t17-,20?;3*13-;9-;4-/m000000/s1. The molecule has 125 heavy (non-hydrogen) atoms. The van der Waals surface area contributed by atoms with E-state index in [1.807, 2.05) is 33.8 Å². The van der Waals surface area contributed by atoms with Gasteiger partial charge in [0.1, 0.15) is 18.4 Å². The lowest BCUT2D eigenvalue weighted by atomic mass is 9.90. The number of nitrogens with zero attached hydrogens (tertiary/aromatic N) is 10. The Kier molecular flexibility index (Phi) is 37.2. The number of ether oxygens (including phenoxy) is 7. The van der Waals surface area contributed by atoms with E-state index in [0.29, 0.717) is 77.4 Å². The molecule has 12 aliphatic heterocycles. The molecule has 37 heteroatoms. The first-order valence-corrected chi connectivity index (χ1v) is 45.6. The van der Waals surface area contributed by atoms with E-state index in [1.165, 1.54) is 6.21 Å². The Bertz CT molecular complexity index is 4010. The van der Waals surface area contributed by atoms with E-state index in [-0.39, 0.29) is 78.2 Å². The van der Waals surface area contributed by atoms with Crippen LogP contribution in [0, 0.1) is 0 Å². The number of carbonyl (C=O) groups is 7. The molecule has 12 aliphatic rings. The number of likely N-dealkylation sites (tertiary alicyclic amines) is 5. The van der Waals surface area contributed by atoms with Gasteiger partial charge in [-0.3, -0.25) is 74.5 Å². The topological polar surface area (TPSA) is 458 Å². The van der Waals surface area contributed by atoms with E-state index < -0.39 is 28.2 Å². The number of hydrogen-bond acceptors (Lipinski definition) is 31. The van der Waals surface area contributed by atoms with Crippen LogP contribution in [-0.2, 0) is 88.4 Å². The molecule has 0 spiro atoms. The molecular formula is C88H139N15O22. The maximum absolute atomic E-state index is 12.9. The Hall–Kier alpha value is -7.76. The molecule has 16 rings (SSSR count). The molecule has 1 unspecified atom stereocenters. The summed E-state index contributed by atoms with van der Waals surface area (Å²) in [5.74, 6) is -0.189. The summed E-state index contributed by atoms with van der Waals surface area (Å²) in [6, 6.07) is 7.93. The molecule has 4 amide bonds. The third-order valence-electron chi connectivity index (χ3n) is 26.2. The van der Waals surface area contributed by atoms with Crippen molar-refractivity contribution in [3.8, 4) is 0 Å². The van der Waals surface area contributed by atoms with Crippen LogP contribution < -0.4 is 26.6 Å². The van der Waals surface area contributed by atoms with Crippen molar-refractivity contribution >= 4 is 71.6 Å². The van der Waals surface area contributed by atoms with Crippen LogP contribution in [-0.4, -0.2) is 312 Å². The van der Waals surface area contributed by atoms with Gasteiger partial charge >= 0.3 is 11.9 Å². The molecule has 0 saturated carbocycles. The molecule has 4 aromatic rings. The molecule has 9 N–H and O–H groups in total. The SMILES string of the molecule is CC(C)(/C=N/O)c1cc(NC(=O)[C@@H]2CCCN2C2CCOCC2)on1.CC(C)(C=O)c1cc(NC(=O)[C@@H]2CCCN2C2CCOCC2)on1.CC(C)(CO)c1cc(NC(=O)[C@@H]2CCCN2C2CCOCC2)on1.CC(C)(COC1CCCCO1)c1cc(NC(=O)[C@@H]2CCCN2C2CCOCC2)on1.O=C(O)[C@@H]1CCCN1.O=C(O)[C@@H]1CCCN1C1CCOCC1. The monoisotopic (exact) mass is 1760 g/mol. The van der Waals surface area contributed by atoms with Gasteiger partial charge in [0.15, 0.2) is 6.29 Å². The molecule has 0 aliphatic carbocycles. The molecule has 7 atom stereocenters. The Morgan fingerprint density at radius 2 is 0.752 bits per heavy atom. The zero-order valence-electron chi connectivity index (χ0n) is 74.6. The van der Waals surface area contributed by atoms with E-state index in [2.05, 4.69) is 90.7 Å². The van der Waals surface area contributed by atoms with Crippen molar-refractivity contribution in [3.63, 3.8) is 0 Å². The number of nitrogens with one attached hydrogen (secondary N) is 5. The normalized spacial score (nSPS) is 25.3. The maximum atomic E-state index is 12.9. The lowest BCUT2D eigenvalue weighted by Crippen LogP contribution is -2.47. The number of aldehydes is 1. The number of amides is 4. The van der Waals surface area contributed by atoms with Gasteiger partial charge in [0.2, 0.25) is 47.2 Å². The molecule has 12 saturated heterocycles. The second kappa shape index (κ2) is 47.5. The van der Waals surface area contributed by atoms with Crippen LogP contribution in [0.25, 0.3) is 0 Å². The lowest BCUT2D eigenvalue weighted by Gasteiger charge is -2.34. The van der Waals surface area contributed by atoms with Gasteiger partial charge in [-0.25, -0.2) is 0 Å². The number of aliphatic hydroxyl groups is 1. The van der Waals surface area contributed by atoms with Gasteiger partial charge in [0, 0.05) is 143 Å². The zero-order chi connectivity index (χ0) is 89.1. The molecule has 0 bridgehead atoms. The van der Waals surface area contributed by atoms with Crippen LogP contribution in [0.15, 0.2) is 47.5 Å². The molecule has 37 nitrogen and oxygen atoms in total. The zero-order valence-corrected chi connectivity index (χ0v) is 74.6. The Morgan fingerprint density at radius 1 is 0.424 bits per heavy atom. The fraction of sp³-hybridized carbons (Fsp3) is 0.773. The minimum absolute atomic E-state index is 0.00801. The molecule has 0 aromatic carbocycles. The molecule has 12 fully saturated rings. The Balaban J connectivity index is 0.000000150. The first kappa shape index (κ1) is 97.8. The van der Waals surface area contributed by atoms with Crippen molar-refractivity contribution in [3.05, 3.63) is 47.0 Å². The van der Waals surface area contributed by atoms with Crippen molar-refractivity contribution in [1.29, 1.82) is 0 Å². The predicted molar refractivity (Wildman–Crippen MR) is 460 cm³/mol. The highest BCUT2D eigenvalue weighted by Crippen LogP contribution is 2.36. The third kappa shape index (κ3) is 27.9. The summed E-state index contributed by atoms with van der Waals surface area (Å²) in [5, 5.41) is 68.9. The molecular weight excluding hydrogens is 1620 g/mol. The van der Waals surface area contributed by atoms with Crippen LogP contribution >= 0.6 is 0 Å². The van der Waals surface area contributed by atoms with E-state index in [1.54, 1.807) is 32.0 Å². The highest BCUT2D eigenvalue weighted by Gasteiger charge is 2.43. The van der Waals surface area contributed by atoms with Gasteiger partial charge in [-0.05, 0) is 227 Å². The Morgan fingerprint density at radius 3 is 1.05 bits per heavy atom. The summed E-state index contributed by atoms with van der Waals surface area (Å²) in [6.07, 6.45) is 26.3.